The Labute approximate surface area is 128 Å². The molecule has 106 valence electrons. The lowest BCUT2D eigenvalue weighted by atomic mass is 10.1. The largest absolute Gasteiger partial charge is 0.384 e. The van der Waals surface area contributed by atoms with Crippen LogP contribution in [0.3, 0.4) is 0 Å². The summed E-state index contributed by atoms with van der Waals surface area (Å²) in [7, 11) is 0. The predicted molar refractivity (Wildman–Crippen MR) is 84.5 cm³/mol. The fourth-order valence-electron chi connectivity index (χ4n) is 1.78. The molecule has 21 heavy (non-hydrogen) atoms. The lowest BCUT2D eigenvalue weighted by Gasteiger charge is -2.07. The van der Waals surface area contributed by atoms with Gasteiger partial charge >= 0.3 is 0 Å². The van der Waals surface area contributed by atoms with E-state index in [1.165, 1.54) is 0 Å². The molecule has 3 nitrogen and oxygen atoms in total. The number of aryl methyl sites for hydroxylation is 1. The molecule has 0 heterocycles. The van der Waals surface area contributed by atoms with Crippen LogP contribution in [0.4, 0.5) is 5.69 Å². The van der Waals surface area contributed by atoms with Gasteiger partial charge in [-0.2, -0.15) is 0 Å². The number of rotatable bonds is 2. The van der Waals surface area contributed by atoms with Crippen LogP contribution in [-0.4, -0.2) is 17.6 Å². The first-order chi connectivity index (χ1) is 10.1. The standard InChI is InChI=1S/C17H14ClNO2/c1-12-4-9-15(16(18)11-12)17(21)19-14-7-5-13(6-8-14)3-2-10-20/h4-9,11,20H,10H2,1H3,(H,19,21). The molecule has 0 saturated carbocycles. The van der Waals surface area contributed by atoms with Crippen molar-refractivity contribution in [2.75, 3.05) is 11.9 Å². The summed E-state index contributed by atoms with van der Waals surface area (Å²) in [6, 6.07) is 12.3. The number of anilines is 1. The van der Waals surface area contributed by atoms with Crippen LogP contribution < -0.4 is 5.32 Å². The number of nitrogens with one attached hydrogen (secondary N) is 1. The number of hydrogen-bond donors (Lipinski definition) is 2. The maximum Gasteiger partial charge on any atom is 0.257 e. The third-order valence-corrected chi connectivity index (χ3v) is 3.14. The number of benzene rings is 2. The second-order valence-corrected chi connectivity index (χ2v) is 4.88. The van der Waals surface area contributed by atoms with Crippen LogP contribution in [0.5, 0.6) is 0 Å². The summed E-state index contributed by atoms with van der Waals surface area (Å²) in [5.74, 6) is 5.10. The number of carbonyl (C=O) groups is 1. The Balaban J connectivity index is 2.12. The van der Waals surface area contributed by atoms with E-state index in [0.717, 1.165) is 11.1 Å². The minimum atomic E-state index is -0.255. The monoisotopic (exact) mass is 299 g/mol. The smallest absolute Gasteiger partial charge is 0.257 e. The van der Waals surface area contributed by atoms with E-state index in [1.54, 1.807) is 36.4 Å². The molecule has 0 bridgehead atoms. The number of aliphatic hydroxyl groups is 1. The summed E-state index contributed by atoms with van der Waals surface area (Å²) < 4.78 is 0. The Bertz CT molecular complexity index is 712. The van der Waals surface area contributed by atoms with Crippen LogP contribution in [0.1, 0.15) is 21.5 Å². The molecule has 2 N–H and O–H groups in total. The number of carbonyl (C=O) groups excluding carboxylic acids is 1. The van der Waals surface area contributed by atoms with Crippen molar-refractivity contribution in [3.05, 3.63) is 64.2 Å². The van der Waals surface area contributed by atoms with Crippen LogP contribution >= 0.6 is 11.6 Å². The first-order valence-electron chi connectivity index (χ1n) is 6.37. The van der Waals surface area contributed by atoms with Crippen molar-refractivity contribution in [1.29, 1.82) is 0 Å². The molecule has 0 aliphatic heterocycles. The number of halogens is 1. The maximum atomic E-state index is 12.1. The van der Waals surface area contributed by atoms with E-state index in [1.807, 2.05) is 13.0 Å². The molecule has 0 unspecified atom stereocenters. The van der Waals surface area contributed by atoms with Crippen LogP contribution in [0, 0.1) is 18.8 Å². The van der Waals surface area contributed by atoms with Crippen molar-refractivity contribution in [2.24, 2.45) is 0 Å². The quantitative estimate of drug-likeness (QED) is 0.836. The van der Waals surface area contributed by atoms with Gasteiger partial charge in [-0.1, -0.05) is 29.5 Å². The third kappa shape index (κ3) is 4.09. The van der Waals surface area contributed by atoms with Crippen LogP contribution in [0.25, 0.3) is 0 Å². The number of aliphatic hydroxyl groups excluding tert-OH is 1. The van der Waals surface area contributed by atoms with Gasteiger partial charge in [-0.3, -0.25) is 4.79 Å². The molecular weight excluding hydrogens is 286 g/mol. The lowest BCUT2D eigenvalue weighted by molar-refractivity contribution is 0.102. The molecule has 2 aromatic rings. The zero-order chi connectivity index (χ0) is 15.2. The molecule has 2 rings (SSSR count). The molecular formula is C17H14ClNO2. The van der Waals surface area contributed by atoms with Gasteiger partial charge in [0.05, 0.1) is 10.6 Å². The van der Waals surface area contributed by atoms with Crippen LogP contribution in [0.15, 0.2) is 42.5 Å². The zero-order valence-electron chi connectivity index (χ0n) is 11.5. The number of amides is 1. The second kappa shape index (κ2) is 6.94. The topological polar surface area (TPSA) is 49.3 Å². The van der Waals surface area contributed by atoms with Gasteiger partial charge in [-0.05, 0) is 48.9 Å². The first-order valence-corrected chi connectivity index (χ1v) is 6.75. The van der Waals surface area contributed by atoms with Gasteiger partial charge < -0.3 is 10.4 Å². The average molecular weight is 300 g/mol. The van der Waals surface area contributed by atoms with Crippen molar-refractivity contribution in [3.8, 4) is 11.8 Å². The summed E-state index contributed by atoms with van der Waals surface area (Å²) in [5.41, 5.74) is 2.87. The SMILES string of the molecule is Cc1ccc(C(=O)Nc2ccc(C#CCO)cc2)c(Cl)c1. The Morgan fingerprint density at radius 1 is 1.24 bits per heavy atom. The molecule has 0 aliphatic rings. The van der Waals surface area contributed by atoms with Crippen LogP contribution in [-0.2, 0) is 0 Å². The van der Waals surface area contributed by atoms with E-state index < -0.39 is 0 Å². The van der Waals surface area contributed by atoms with Gasteiger partial charge in [-0.15, -0.1) is 0 Å². The van der Waals surface area contributed by atoms with Crippen LogP contribution in [0.2, 0.25) is 5.02 Å². The first kappa shape index (κ1) is 15.1. The van der Waals surface area contributed by atoms with Gasteiger partial charge in [0.2, 0.25) is 0 Å². The maximum absolute atomic E-state index is 12.1. The third-order valence-electron chi connectivity index (χ3n) is 2.82. The highest BCUT2D eigenvalue weighted by molar-refractivity contribution is 6.34. The van der Waals surface area contributed by atoms with Crippen molar-refractivity contribution in [2.45, 2.75) is 6.92 Å². The van der Waals surface area contributed by atoms with Crippen molar-refractivity contribution in [3.63, 3.8) is 0 Å². The minimum Gasteiger partial charge on any atom is -0.384 e. The van der Waals surface area contributed by atoms with E-state index in [0.29, 0.717) is 16.3 Å². The molecule has 0 radical (unpaired) electrons. The average Bonchev–Trinajstić information content (AvgIpc) is 2.46. The Morgan fingerprint density at radius 3 is 2.57 bits per heavy atom. The van der Waals surface area contributed by atoms with E-state index in [4.69, 9.17) is 16.7 Å². The molecule has 0 atom stereocenters. The lowest BCUT2D eigenvalue weighted by Crippen LogP contribution is -2.12. The Kier molecular flexibility index (Phi) is 4.99. The Morgan fingerprint density at radius 2 is 1.95 bits per heavy atom. The summed E-state index contributed by atoms with van der Waals surface area (Å²) >= 11 is 6.07. The highest BCUT2D eigenvalue weighted by Crippen LogP contribution is 2.19. The molecule has 0 aromatic heterocycles. The molecule has 2 aromatic carbocycles. The summed E-state index contributed by atoms with van der Waals surface area (Å²) in [5, 5.41) is 11.8. The molecule has 0 fully saturated rings. The fourth-order valence-corrected chi connectivity index (χ4v) is 2.10. The van der Waals surface area contributed by atoms with Gasteiger partial charge in [0.25, 0.3) is 5.91 Å². The van der Waals surface area contributed by atoms with Crippen molar-refractivity contribution in [1.82, 2.24) is 0 Å². The summed E-state index contributed by atoms with van der Waals surface area (Å²) in [4.78, 5) is 12.1. The second-order valence-electron chi connectivity index (χ2n) is 4.47. The van der Waals surface area contributed by atoms with Crippen molar-refractivity contribution >= 4 is 23.2 Å². The van der Waals surface area contributed by atoms with E-state index in [2.05, 4.69) is 17.2 Å². The van der Waals surface area contributed by atoms with Gasteiger partial charge in [0.15, 0.2) is 0 Å². The highest BCUT2D eigenvalue weighted by Gasteiger charge is 2.10. The predicted octanol–water partition coefficient (Wildman–Crippen LogP) is 3.24. The molecule has 0 saturated heterocycles. The molecule has 0 aliphatic carbocycles. The van der Waals surface area contributed by atoms with Crippen molar-refractivity contribution < 1.29 is 9.90 Å². The zero-order valence-corrected chi connectivity index (χ0v) is 12.2. The normalized spacial score (nSPS) is 9.67. The fraction of sp³-hybridized carbons (Fsp3) is 0.118. The molecule has 0 spiro atoms. The van der Waals surface area contributed by atoms with E-state index in [-0.39, 0.29) is 12.5 Å². The summed E-state index contributed by atoms with van der Waals surface area (Å²) in [6.07, 6.45) is 0. The van der Waals surface area contributed by atoms with Gasteiger partial charge in [-0.25, -0.2) is 0 Å². The number of hydrogen-bond acceptors (Lipinski definition) is 2. The van der Waals surface area contributed by atoms with E-state index >= 15 is 0 Å². The van der Waals surface area contributed by atoms with Gasteiger partial charge in [0, 0.05) is 11.3 Å². The minimum absolute atomic E-state index is 0.176. The molecule has 4 heteroatoms. The highest BCUT2D eigenvalue weighted by atomic mass is 35.5. The Hall–Kier alpha value is -2.28. The molecule has 1 amide bonds. The van der Waals surface area contributed by atoms with Gasteiger partial charge in [0.1, 0.15) is 6.61 Å². The van der Waals surface area contributed by atoms with E-state index in [9.17, 15) is 4.79 Å². The summed E-state index contributed by atoms with van der Waals surface area (Å²) in [6.45, 7) is 1.74.